The SMILES string of the molecule is CN(N)/C(NC(=O)OCc1ccccc1)=C(\N)c1cc2sc(-c3ccc(C4(C(=O)O)CC4)cc3Cl)cc2s1. The number of nitrogens with zero attached hydrogens (tertiary/aromatic N) is 1. The number of carboxylic acids is 1. The minimum Gasteiger partial charge on any atom is -0.481 e. The number of ether oxygens (including phenoxy) is 1. The molecule has 1 amide bonds. The fraction of sp³-hybridized carbons (Fsp3) is 0.185. The molecule has 5 rings (SSSR count). The van der Waals surface area contributed by atoms with Crippen LogP contribution in [0.25, 0.3) is 25.5 Å². The van der Waals surface area contributed by atoms with Gasteiger partial charge in [-0.15, -0.1) is 22.7 Å². The third-order valence-electron chi connectivity index (χ3n) is 6.46. The lowest BCUT2D eigenvalue weighted by molar-refractivity contribution is -0.140. The van der Waals surface area contributed by atoms with Crippen LogP contribution in [0.2, 0.25) is 5.02 Å². The van der Waals surface area contributed by atoms with Gasteiger partial charge < -0.3 is 15.6 Å². The molecule has 0 radical (unpaired) electrons. The van der Waals surface area contributed by atoms with Gasteiger partial charge in [0.25, 0.3) is 0 Å². The van der Waals surface area contributed by atoms with Crippen LogP contribution in [0.1, 0.15) is 28.8 Å². The minimum absolute atomic E-state index is 0.118. The molecule has 2 aromatic carbocycles. The molecule has 38 heavy (non-hydrogen) atoms. The summed E-state index contributed by atoms with van der Waals surface area (Å²) < 4.78 is 7.30. The maximum Gasteiger partial charge on any atom is 0.413 e. The van der Waals surface area contributed by atoms with E-state index in [-0.39, 0.29) is 12.4 Å². The van der Waals surface area contributed by atoms with Crippen molar-refractivity contribution in [1.29, 1.82) is 0 Å². The zero-order valence-corrected chi connectivity index (χ0v) is 22.8. The largest absolute Gasteiger partial charge is 0.481 e. The monoisotopic (exact) mass is 568 g/mol. The summed E-state index contributed by atoms with van der Waals surface area (Å²) in [6.45, 7) is 0.118. The van der Waals surface area contributed by atoms with E-state index in [9.17, 15) is 14.7 Å². The number of rotatable bonds is 8. The summed E-state index contributed by atoms with van der Waals surface area (Å²) >= 11 is 9.60. The molecule has 196 valence electrons. The quantitative estimate of drug-likeness (QED) is 0.158. The second-order valence-corrected chi connectivity index (χ2v) is 11.7. The van der Waals surface area contributed by atoms with Crippen LogP contribution in [0.15, 0.2) is 66.5 Å². The van der Waals surface area contributed by atoms with Gasteiger partial charge in [0.05, 0.1) is 16.0 Å². The predicted molar refractivity (Wildman–Crippen MR) is 152 cm³/mol. The highest BCUT2D eigenvalue weighted by atomic mass is 35.5. The molecule has 1 aliphatic rings. The second-order valence-electron chi connectivity index (χ2n) is 9.09. The minimum atomic E-state index is -0.808. The number of fused-ring (bicyclic) bond motifs is 1. The van der Waals surface area contributed by atoms with Crippen LogP contribution in [-0.4, -0.2) is 29.2 Å². The summed E-state index contributed by atoms with van der Waals surface area (Å²) in [5, 5.41) is 14.0. The number of alkyl carbamates (subject to hydrolysis) is 1. The third-order valence-corrected chi connectivity index (χ3v) is 9.13. The molecule has 11 heteroatoms. The van der Waals surface area contributed by atoms with Crippen LogP contribution in [0, 0.1) is 0 Å². The Morgan fingerprint density at radius 3 is 2.42 bits per heavy atom. The van der Waals surface area contributed by atoms with E-state index >= 15 is 0 Å². The van der Waals surface area contributed by atoms with E-state index in [4.69, 9.17) is 27.9 Å². The number of carbonyl (C=O) groups excluding carboxylic acids is 1. The van der Waals surface area contributed by atoms with Gasteiger partial charge in [0.1, 0.15) is 12.4 Å². The molecule has 8 nitrogen and oxygen atoms in total. The highest BCUT2D eigenvalue weighted by Gasteiger charge is 2.51. The van der Waals surface area contributed by atoms with Gasteiger partial charge in [-0.05, 0) is 42.2 Å². The van der Waals surface area contributed by atoms with E-state index in [2.05, 4.69) is 5.32 Å². The van der Waals surface area contributed by atoms with E-state index in [0.29, 0.717) is 23.6 Å². The average molecular weight is 569 g/mol. The molecule has 0 unspecified atom stereocenters. The topological polar surface area (TPSA) is 131 Å². The van der Waals surface area contributed by atoms with Gasteiger partial charge in [-0.2, -0.15) is 0 Å². The van der Waals surface area contributed by atoms with E-state index < -0.39 is 17.5 Å². The van der Waals surface area contributed by atoms with Crippen molar-refractivity contribution in [2.24, 2.45) is 11.6 Å². The number of carboxylic acid groups (broad SMARTS) is 1. The zero-order valence-electron chi connectivity index (χ0n) is 20.4. The highest BCUT2D eigenvalue weighted by Crippen LogP contribution is 2.50. The maximum absolute atomic E-state index is 12.4. The lowest BCUT2D eigenvalue weighted by Gasteiger charge is -2.19. The van der Waals surface area contributed by atoms with E-state index in [1.165, 1.54) is 16.3 Å². The van der Waals surface area contributed by atoms with Gasteiger partial charge >= 0.3 is 12.1 Å². The van der Waals surface area contributed by atoms with Crippen molar-refractivity contribution in [3.05, 3.63) is 87.5 Å². The molecule has 4 aromatic rings. The van der Waals surface area contributed by atoms with Gasteiger partial charge in [-0.3, -0.25) is 15.1 Å². The third kappa shape index (κ3) is 5.08. The average Bonchev–Trinajstić information content (AvgIpc) is 3.48. The molecule has 1 fully saturated rings. The Bertz CT molecular complexity index is 1530. The molecule has 1 aliphatic carbocycles. The first-order valence-electron chi connectivity index (χ1n) is 11.7. The number of thiophene rings is 2. The number of nitrogens with two attached hydrogens (primary N) is 2. The number of aliphatic carboxylic acids is 1. The van der Waals surface area contributed by atoms with Crippen molar-refractivity contribution in [2.45, 2.75) is 24.9 Å². The lowest BCUT2D eigenvalue weighted by Crippen LogP contribution is -2.39. The van der Waals surface area contributed by atoms with Crippen LogP contribution in [0.5, 0.6) is 0 Å². The summed E-state index contributed by atoms with van der Waals surface area (Å²) in [7, 11) is 1.58. The predicted octanol–water partition coefficient (Wildman–Crippen LogP) is 5.72. The first-order chi connectivity index (χ1) is 18.2. The van der Waals surface area contributed by atoms with Crippen molar-refractivity contribution >= 4 is 61.4 Å². The molecule has 0 bridgehead atoms. The fourth-order valence-corrected chi connectivity index (χ4v) is 6.92. The molecule has 1 saturated carbocycles. The van der Waals surface area contributed by atoms with Gasteiger partial charge in [0, 0.05) is 31.9 Å². The molecular formula is C27H25ClN4O4S2. The Balaban J connectivity index is 1.35. The highest BCUT2D eigenvalue weighted by molar-refractivity contribution is 7.30. The van der Waals surface area contributed by atoms with E-state index in [0.717, 1.165) is 35.8 Å². The number of hydrazine groups is 1. The molecule has 2 heterocycles. The number of benzene rings is 2. The maximum atomic E-state index is 12.4. The van der Waals surface area contributed by atoms with Crippen LogP contribution in [0.3, 0.4) is 0 Å². The number of halogens is 1. The Kier molecular flexibility index (Phi) is 7.06. The van der Waals surface area contributed by atoms with Crippen LogP contribution in [-0.2, 0) is 21.6 Å². The Morgan fingerprint density at radius 1 is 1.11 bits per heavy atom. The van der Waals surface area contributed by atoms with Gasteiger partial charge in [0.2, 0.25) is 0 Å². The van der Waals surface area contributed by atoms with Gasteiger partial charge in [0.15, 0.2) is 0 Å². The first kappa shape index (κ1) is 26.1. The smallest absolute Gasteiger partial charge is 0.413 e. The van der Waals surface area contributed by atoms with E-state index in [1.807, 2.05) is 54.6 Å². The van der Waals surface area contributed by atoms with Crippen LogP contribution < -0.4 is 16.9 Å². The molecule has 0 aliphatic heterocycles. The summed E-state index contributed by atoms with van der Waals surface area (Å²) in [4.78, 5) is 25.8. The van der Waals surface area contributed by atoms with E-state index in [1.54, 1.807) is 24.5 Å². The number of hydrogen-bond donors (Lipinski definition) is 4. The molecule has 0 saturated heterocycles. The standard InChI is InChI=1S/C27H25ClN4O4S2/c1-32(30)24(31-26(35)36-14-15-5-3-2-4-6-15)23(29)22-13-21-20(38-22)12-19(37-21)17-8-7-16(11-18(17)28)27(9-10-27)25(33)34/h2-8,11-13H,9-10,14,29-30H2,1H3,(H,31,35)(H,33,34)/b24-23-. The normalized spacial score (nSPS) is 14.6. The number of nitrogens with one attached hydrogen (secondary N) is 1. The molecule has 0 atom stereocenters. The first-order valence-corrected chi connectivity index (χ1v) is 13.7. The molecule has 0 spiro atoms. The Labute approximate surface area is 232 Å². The van der Waals surface area contributed by atoms with Crippen LogP contribution >= 0.6 is 34.3 Å². The Hall–Kier alpha value is -3.57. The van der Waals surface area contributed by atoms with Crippen molar-refractivity contribution in [3.8, 4) is 10.4 Å². The molecule has 2 aromatic heterocycles. The van der Waals surface area contributed by atoms with Crippen LogP contribution in [0.4, 0.5) is 4.79 Å². The summed E-state index contributed by atoms with van der Waals surface area (Å²) in [5.74, 6) is 5.38. The fourth-order valence-electron chi connectivity index (χ4n) is 4.18. The summed E-state index contributed by atoms with van der Waals surface area (Å²) in [6.07, 6.45) is 0.590. The number of amides is 1. The second kappa shape index (κ2) is 10.3. The lowest BCUT2D eigenvalue weighted by atomic mass is 9.95. The van der Waals surface area contributed by atoms with Crippen molar-refractivity contribution in [1.82, 2.24) is 10.3 Å². The van der Waals surface area contributed by atoms with Gasteiger partial charge in [-0.25, -0.2) is 10.6 Å². The molecular weight excluding hydrogens is 544 g/mol. The number of carbonyl (C=O) groups is 2. The zero-order chi connectivity index (χ0) is 27.0. The van der Waals surface area contributed by atoms with Gasteiger partial charge in [-0.1, -0.05) is 54.1 Å². The Morgan fingerprint density at radius 2 is 1.82 bits per heavy atom. The number of hydrogen-bond acceptors (Lipinski definition) is 8. The molecule has 6 N–H and O–H groups in total. The summed E-state index contributed by atoms with van der Waals surface area (Å²) in [5.41, 5.74) is 8.38. The van der Waals surface area contributed by atoms with Crippen molar-refractivity contribution in [3.63, 3.8) is 0 Å². The summed E-state index contributed by atoms with van der Waals surface area (Å²) in [6, 6.07) is 18.8. The van der Waals surface area contributed by atoms with Crippen molar-refractivity contribution in [2.75, 3.05) is 7.05 Å². The van der Waals surface area contributed by atoms with Crippen molar-refractivity contribution < 1.29 is 19.4 Å².